The molecule has 1 saturated heterocycles. The highest BCUT2D eigenvalue weighted by molar-refractivity contribution is 5.85. The first-order chi connectivity index (χ1) is 12.2. The Morgan fingerprint density at radius 3 is 2.60 bits per heavy atom. The zero-order valence-corrected chi connectivity index (χ0v) is 13.8. The minimum absolute atomic E-state index is 0.376. The number of carbonyl (C=O) groups is 1. The van der Waals surface area contributed by atoms with Crippen molar-refractivity contribution in [2.75, 3.05) is 37.8 Å². The molecule has 25 heavy (non-hydrogen) atoms. The van der Waals surface area contributed by atoms with Crippen LogP contribution in [0.1, 0.15) is 5.56 Å². The van der Waals surface area contributed by atoms with Crippen LogP contribution in [0.15, 0.2) is 53.5 Å². The molecule has 2 aromatic rings. The Balaban J connectivity index is 1.68. The van der Waals surface area contributed by atoms with Crippen LogP contribution in [0.25, 0.3) is 0 Å². The number of aliphatic carboxylic acids is 1. The Bertz CT molecular complexity index is 737. The van der Waals surface area contributed by atoms with Gasteiger partial charge in [0.1, 0.15) is 5.75 Å². The van der Waals surface area contributed by atoms with Crippen LogP contribution in [0.4, 0.5) is 11.4 Å². The Kier molecular flexibility index (Phi) is 5.64. The van der Waals surface area contributed by atoms with E-state index in [0.29, 0.717) is 5.75 Å². The lowest BCUT2D eigenvalue weighted by Crippen LogP contribution is -2.36. The van der Waals surface area contributed by atoms with Gasteiger partial charge in [-0.3, -0.25) is 4.99 Å². The summed E-state index contributed by atoms with van der Waals surface area (Å²) in [4.78, 5) is 17.4. The third-order valence-corrected chi connectivity index (χ3v) is 3.85. The van der Waals surface area contributed by atoms with Gasteiger partial charge in [0.2, 0.25) is 0 Å². The van der Waals surface area contributed by atoms with E-state index >= 15 is 0 Å². The normalized spacial score (nSPS) is 14.6. The van der Waals surface area contributed by atoms with Crippen molar-refractivity contribution in [3.05, 3.63) is 54.1 Å². The molecule has 0 amide bonds. The molecule has 1 aliphatic rings. The van der Waals surface area contributed by atoms with Crippen molar-refractivity contribution in [2.24, 2.45) is 4.99 Å². The lowest BCUT2D eigenvalue weighted by molar-refractivity contribution is -0.139. The third kappa shape index (κ3) is 4.81. The van der Waals surface area contributed by atoms with E-state index in [1.54, 1.807) is 18.3 Å². The molecule has 0 saturated carbocycles. The second-order valence-electron chi connectivity index (χ2n) is 5.59. The van der Waals surface area contributed by atoms with Crippen molar-refractivity contribution < 1.29 is 19.4 Å². The monoisotopic (exact) mass is 340 g/mol. The molecule has 1 N–H and O–H groups in total. The molecule has 130 valence electrons. The number of benzene rings is 2. The molecule has 0 aliphatic carbocycles. The number of hydrogen-bond donors (Lipinski definition) is 1. The average molecular weight is 340 g/mol. The topological polar surface area (TPSA) is 71.4 Å². The summed E-state index contributed by atoms with van der Waals surface area (Å²) >= 11 is 0. The fourth-order valence-corrected chi connectivity index (χ4v) is 2.57. The fraction of sp³-hybridized carbons (Fsp3) is 0.263. The number of hydrogen-bond acceptors (Lipinski definition) is 5. The van der Waals surface area contributed by atoms with Crippen molar-refractivity contribution in [1.29, 1.82) is 0 Å². The molecule has 0 unspecified atom stereocenters. The van der Waals surface area contributed by atoms with E-state index in [1.165, 1.54) is 0 Å². The van der Waals surface area contributed by atoms with Crippen LogP contribution in [0, 0.1) is 0 Å². The summed E-state index contributed by atoms with van der Waals surface area (Å²) in [7, 11) is 0. The minimum Gasteiger partial charge on any atom is -0.481 e. The number of rotatable bonds is 6. The molecule has 6 heteroatoms. The predicted octanol–water partition coefficient (Wildman–Crippen LogP) is 2.74. The van der Waals surface area contributed by atoms with E-state index in [-0.39, 0.29) is 6.61 Å². The Morgan fingerprint density at radius 1 is 1.16 bits per heavy atom. The van der Waals surface area contributed by atoms with Crippen LogP contribution in [0.2, 0.25) is 0 Å². The molecule has 0 spiro atoms. The summed E-state index contributed by atoms with van der Waals surface area (Å²) in [5.41, 5.74) is 2.72. The largest absolute Gasteiger partial charge is 0.481 e. The molecule has 2 aromatic carbocycles. The van der Waals surface area contributed by atoms with E-state index in [2.05, 4.69) is 9.89 Å². The lowest BCUT2D eigenvalue weighted by Gasteiger charge is -2.28. The molecule has 0 atom stereocenters. The van der Waals surface area contributed by atoms with Gasteiger partial charge in [0.05, 0.1) is 18.9 Å². The number of carboxylic acids is 1. The number of anilines is 1. The molecule has 1 heterocycles. The molecule has 6 nitrogen and oxygen atoms in total. The maximum absolute atomic E-state index is 10.7. The molecule has 1 aliphatic heterocycles. The van der Waals surface area contributed by atoms with Crippen molar-refractivity contribution in [1.82, 2.24) is 0 Å². The van der Waals surface area contributed by atoms with E-state index in [9.17, 15) is 4.79 Å². The summed E-state index contributed by atoms with van der Waals surface area (Å²) in [6.07, 6.45) is 1.68. The molecule has 0 bridgehead atoms. The zero-order chi connectivity index (χ0) is 17.5. The van der Waals surface area contributed by atoms with Crippen LogP contribution in [0.5, 0.6) is 5.75 Å². The van der Waals surface area contributed by atoms with E-state index in [4.69, 9.17) is 14.6 Å². The van der Waals surface area contributed by atoms with Gasteiger partial charge in [-0.05, 0) is 36.4 Å². The van der Waals surface area contributed by atoms with Crippen LogP contribution in [0.3, 0.4) is 0 Å². The van der Waals surface area contributed by atoms with Crippen molar-refractivity contribution in [3.63, 3.8) is 0 Å². The molecule has 0 aromatic heterocycles. The Labute approximate surface area is 146 Å². The van der Waals surface area contributed by atoms with E-state index in [0.717, 1.165) is 43.2 Å². The zero-order valence-electron chi connectivity index (χ0n) is 13.8. The molecular weight excluding hydrogens is 320 g/mol. The average Bonchev–Trinajstić information content (AvgIpc) is 2.66. The summed E-state index contributed by atoms with van der Waals surface area (Å²) in [6.45, 7) is 2.94. The van der Waals surface area contributed by atoms with Crippen LogP contribution in [-0.2, 0) is 9.53 Å². The highest BCUT2D eigenvalue weighted by Crippen LogP contribution is 2.22. The molecule has 3 rings (SSSR count). The Hall–Kier alpha value is -2.86. The minimum atomic E-state index is -1.01. The summed E-state index contributed by atoms with van der Waals surface area (Å²) in [6, 6.07) is 15.2. The third-order valence-electron chi connectivity index (χ3n) is 3.85. The smallest absolute Gasteiger partial charge is 0.341 e. The van der Waals surface area contributed by atoms with Crippen molar-refractivity contribution in [3.8, 4) is 5.75 Å². The van der Waals surface area contributed by atoms with Gasteiger partial charge in [-0.25, -0.2) is 4.79 Å². The van der Waals surface area contributed by atoms with Crippen molar-refractivity contribution >= 4 is 23.6 Å². The maximum atomic E-state index is 10.7. The van der Waals surface area contributed by atoms with E-state index in [1.807, 2.05) is 36.4 Å². The maximum Gasteiger partial charge on any atom is 0.341 e. The van der Waals surface area contributed by atoms with Gasteiger partial charge < -0.3 is 19.5 Å². The van der Waals surface area contributed by atoms with Crippen LogP contribution in [-0.4, -0.2) is 50.2 Å². The number of para-hydroxylation sites is 1. The summed E-state index contributed by atoms with van der Waals surface area (Å²) < 4.78 is 10.6. The van der Waals surface area contributed by atoms with Gasteiger partial charge in [0, 0.05) is 30.6 Å². The first-order valence-electron chi connectivity index (χ1n) is 8.13. The molecule has 0 radical (unpaired) electrons. The quantitative estimate of drug-likeness (QED) is 0.819. The van der Waals surface area contributed by atoms with Gasteiger partial charge in [-0.15, -0.1) is 0 Å². The summed E-state index contributed by atoms with van der Waals surface area (Å²) in [5.74, 6) is -0.510. The molecular formula is C19H20N2O4. The van der Waals surface area contributed by atoms with Gasteiger partial charge in [-0.2, -0.15) is 0 Å². The van der Waals surface area contributed by atoms with E-state index < -0.39 is 5.97 Å². The predicted molar refractivity (Wildman–Crippen MR) is 96.3 cm³/mol. The van der Waals surface area contributed by atoms with Crippen molar-refractivity contribution in [2.45, 2.75) is 0 Å². The van der Waals surface area contributed by atoms with Gasteiger partial charge in [-0.1, -0.05) is 12.1 Å². The number of carboxylic acid groups (broad SMARTS) is 1. The number of morpholine rings is 1. The summed E-state index contributed by atoms with van der Waals surface area (Å²) in [5, 5.41) is 8.74. The van der Waals surface area contributed by atoms with Gasteiger partial charge in [0.25, 0.3) is 0 Å². The molecule has 1 fully saturated rings. The SMILES string of the molecule is O=C(O)COc1ccccc1C=Nc1ccc(N2CCOCC2)cc1. The number of aliphatic imine (C=N–C) groups is 1. The van der Waals surface area contributed by atoms with Crippen LogP contribution < -0.4 is 9.64 Å². The van der Waals surface area contributed by atoms with Gasteiger partial charge >= 0.3 is 5.97 Å². The number of ether oxygens (including phenoxy) is 2. The van der Waals surface area contributed by atoms with Crippen LogP contribution >= 0.6 is 0 Å². The Morgan fingerprint density at radius 2 is 1.88 bits per heavy atom. The lowest BCUT2D eigenvalue weighted by atomic mass is 10.2. The highest BCUT2D eigenvalue weighted by atomic mass is 16.5. The number of nitrogens with zero attached hydrogens (tertiary/aromatic N) is 2. The second-order valence-corrected chi connectivity index (χ2v) is 5.59. The second kappa shape index (κ2) is 8.30. The fourth-order valence-electron chi connectivity index (χ4n) is 2.57. The standard InChI is InChI=1S/C19H20N2O4/c22-19(23)14-25-18-4-2-1-3-15(18)13-20-16-5-7-17(8-6-16)21-9-11-24-12-10-21/h1-8,13H,9-12,14H2,(H,22,23). The first kappa shape index (κ1) is 17.0. The van der Waals surface area contributed by atoms with Gasteiger partial charge in [0.15, 0.2) is 6.61 Å². The first-order valence-corrected chi connectivity index (χ1v) is 8.13. The highest BCUT2D eigenvalue weighted by Gasteiger charge is 2.10.